The highest BCUT2D eigenvalue weighted by Gasteiger charge is 2.20. The number of H-pyrrole nitrogens is 1. The molecule has 0 saturated heterocycles. The van der Waals surface area contributed by atoms with Gasteiger partial charge >= 0.3 is 5.91 Å². The molecule has 5 nitrogen and oxygen atoms in total. The van der Waals surface area contributed by atoms with Crippen LogP contribution in [0.5, 0.6) is 0 Å². The summed E-state index contributed by atoms with van der Waals surface area (Å²) in [4.78, 5) is 18.1. The lowest BCUT2D eigenvalue weighted by atomic mass is 10.5. The minimum Gasteiger partial charge on any atom is -0.340 e. The van der Waals surface area contributed by atoms with Crippen molar-refractivity contribution >= 4 is 64.2 Å². The minimum atomic E-state index is -0.489. The van der Waals surface area contributed by atoms with E-state index >= 15 is 0 Å². The molecule has 0 saturated carbocycles. The Labute approximate surface area is 107 Å². The summed E-state index contributed by atoms with van der Waals surface area (Å²) in [7, 11) is 0. The van der Waals surface area contributed by atoms with Crippen LogP contribution in [0.2, 0.25) is 0 Å². The Bertz CT molecular complexity index is 390. The lowest BCUT2D eigenvalue weighted by molar-refractivity contribution is 0.0819. The summed E-state index contributed by atoms with van der Waals surface area (Å²) >= 11 is 17.1. The number of nitrogens with zero attached hydrogens (tertiary/aromatic N) is 2. The number of carbonyl (C=O) groups is 1. The van der Waals surface area contributed by atoms with E-state index < -0.39 is 5.91 Å². The topological polar surface area (TPSA) is 61.0 Å². The van der Waals surface area contributed by atoms with Gasteiger partial charge in [0.05, 0.1) is 0 Å². The normalized spacial score (nSPS) is 9.47. The summed E-state index contributed by atoms with van der Waals surface area (Å²) in [5.74, 6) is -0.361. The van der Waals surface area contributed by atoms with Gasteiger partial charge in [-0.1, -0.05) is 24.4 Å². The summed E-state index contributed by atoms with van der Waals surface area (Å²) in [6.07, 6.45) is 2.97. The first-order valence-corrected chi connectivity index (χ1v) is 5.30. The average Bonchev–Trinajstić information content (AvgIpc) is 2.65. The third kappa shape index (κ3) is 3.45. The van der Waals surface area contributed by atoms with Gasteiger partial charge in [0, 0.05) is 12.4 Å². The number of nitrogens with one attached hydrogen (secondary N) is 2. The Morgan fingerprint density at radius 3 is 2.60 bits per heavy atom. The van der Waals surface area contributed by atoms with E-state index in [1.165, 1.54) is 12.4 Å². The van der Waals surface area contributed by atoms with Crippen molar-refractivity contribution in [2.24, 2.45) is 0 Å². The largest absolute Gasteiger partial charge is 0.340 e. The molecule has 9 heteroatoms. The van der Waals surface area contributed by atoms with Gasteiger partial charge < -0.3 is 4.98 Å². The van der Waals surface area contributed by atoms with Crippen molar-refractivity contribution in [2.45, 2.75) is 0 Å². The van der Waals surface area contributed by atoms with Crippen molar-refractivity contribution in [1.29, 1.82) is 0 Å². The molecular weight excluding hydrogens is 272 g/mol. The molecule has 0 aliphatic rings. The molecule has 15 heavy (non-hydrogen) atoms. The monoisotopic (exact) mass is 278 g/mol. The van der Waals surface area contributed by atoms with E-state index in [1.807, 2.05) is 0 Å². The van der Waals surface area contributed by atoms with Gasteiger partial charge in [-0.3, -0.25) is 10.2 Å². The number of thiol groups is 2. The van der Waals surface area contributed by atoms with E-state index in [9.17, 15) is 4.79 Å². The Hall–Kier alpha value is -0.640. The maximum Gasteiger partial charge on any atom is 0.313 e. The number of aromatic nitrogens is 2. The van der Waals surface area contributed by atoms with E-state index in [0.29, 0.717) is 0 Å². The van der Waals surface area contributed by atoms with Gasteiger partial charge in [-0.15, -0.1) is 25.3 Å². The van der Waals surface area contributed by atoms with Gasteiger partial charge in [-0.05, 0) is 0 Å². The van der Waals surface area contributed by atoms with Crippen LogP contribution in [0.4, 0.5) is 0 Å². The zero-order chi connectivity index (χ0) is 11.4. The van der Waals surface area contributed by atoms with Gasteiger partial charge in [0.15, 0.2) is 10.1 Å². The third-order valence-electron chi connectivity index (χ3n) is 1.30. The lowest BCUT2D eigenvalue weighted by Crippen LogP contribution is -2.46. The zero-order valence-electron chi connectivity index (χ0n) is 7.17. The van der Waals surface area contributed by atoms with Gasteiger partial charge in [-0.25, -0.2) is 4.98 Å². The second-order valence-electron chi connectivity index (χ2n) is 2.28. The predicted molar refractivity (Wildman–Crippen MR) is 71.1 cm³/mol. The fourth-order valence-electron chi connectivity index (χ4n) is 0.769. The van der Waals surface area contributed by atoms with E-state index in [1.54, 1.807) is 0 Å². The number of hydrogen-bond donors (Lipinski definition) is 4. The summed E-state index contributed by atoms with van der Waals surface area (Å²) in [6.45, 7) is 0. The average molecular weight is 278 g/mol. The molecule has 1 amide bonds. The van der Waals surface area contributed by atoms with Crippen LogP contribution >= 0.6 is 49.7 Å². The second kappa shape index (κ2) is 5.45. The maximum absolute atomic E-state index is 11.7. The third-order valence-corrected chi connectivity index (χ3v) is 1.88. The number of thiocarbonyl (C=S) groups is 2. The van der Waals surface area contributed by atoms with Gasteiger partial charge in [0.25, 0.3) is 0 Å². The van der Waals surface area contributed by atoms with Crippen LogP contribution in [0.15, 0.2) is 12.4 Å². The standard InChI is InChI=1S/C6H6N4OS4/c11-4(3-7-1-2-8-3)10(6(14)15)9-5(12)13/h1-2H,(H,7,8)(H,14,15)(H2,9,12,13). The SMILES string of the molecule is O=C(c1ncc[nH]1)N(NC(=S)S)C(=S)S. The molecule has 0 atom stereocenters. The van der Waals surface area contributed by atoms with Gasteiger partial charge in [0.1, 0.15) is 4.32 Å². The second-order valence-corrected chi connectivity index (χ2v) is 4.55. The summed E-state index contributed by atoms with van der Waals surface area (Å²) in [5.41, 5.74) is 2.47. The van der Waals surface area contributed by atoms with Crippen LogP contribution in [0.1, 0.15) is 10.6 Å². The molecule has 0 bridgehead atoms. The maximum atomic E-state index is 11.7. The molecule has 0 aliphatic heterocycles. The van der Waals surface area contributed by atoms with Gasteiger partial charge in [-0.2, -0.15) is 5.01 Å². The number of imidazole rings is 1. The van der Waals surface area contributed by atoms with Crippen LogP contribution in [0.3, 0.4) is 0 Å². The van der Waals surface area contributed by atoms with Gasteiger partial charge in [0.2, 0.25) is 0 Å². The molecule has 0 radical (unpaired) electrons. The van der Waals surface area contributed by atoms with E-state index in [4.69, 9.17) is 12.2 Å². The predicted octanol–water partition coefficient (Wildman–Crippen LogP) is 0.786. The lowest BCUT2D eigenvalue weighted by Gasteiger charge is -2.19. The Kier molecular flexibility index (Phi) is 4.51. The van der Waals surface area contributed by atoms with E-state index in [0.717, 1.165) is 5.01 Å². The number of hydrazine groups is 1. The summed E-state index contributed by atoms with van der Waals surface area (Å²) < 4.78 is 0.124. The fraction of sp³-hybridized carbons (Fsp3) is 0. The molecule has 0 fully saturated rings. The van der Waals surface area contributed by atoms with E-state index in [2.05, 4.69) is 52.9 Å². The molecule has 0 aromatic carbocycles. The van der Waals surface area contributed by atoms with Crippen molar-refractivity contribution < 1.29 is 4.79 Å². The van der Waals surface area contributed by atoms with Crippen LogP contribution < -0.4 is 5.43 Å². The van der Waals surface area contributed by atoms with Crippen LogP contribution in [0.25, 0.3) is 0 Å². The first-order chi connectivity index (χ1) is 7.02. The number of amides is 1. The highest BCUT2D eigenvalue weighted by atomic mass is 32.1. The molecule has 1 aromatic rings. The van der Waals surface area contributed by atoms with Crippen LogP contribution in [0, 0.1) is 0 Å². The summed E-state index contributed by atoms with van der Waals surface area (Å²) in [5, 5.41) is 0.965. The Balaban J connectivity index is 2.86. The van der Waals surface area contributed by atoms with Crippen molar-refractivity contribution in [2.75, 3.05) is 0 Å². The fourth-order valence-corrected chi connectivity index (χ4v) is 1.23. The molecule has 0 unspecified atom stereocenters. The van der Waals surface area contributed by atoms with Crippen LogP contribution in [-0.2, 0) is 0 Å². The quantitative estimate of drug-likeness (QED) is 0.347. The first kappa shape index (κ1) is 12.4. The Morgan fingerprint density at radius 2 is 2.20 bits per heavy atom. The zero-order valence-corrected chi connectivity index (χ0v) is 10.6. The minimum absolute atomic E-state index is 0.0211. The van der Waals surface area contributed by atoms with Crippen molar-refractivity contribution in [3.8, 4) is 0 Å². The van der Waals surface area contributed by atoms with Crippen molar-refractivity contribution in [1.82, 2.24) is 20.4 Å². The number of hydrogen-bond acceptors (Lipinski definition) is 4. The molecule has 1 heterocycles. The highest BCUT2D eigenvalue weighted by Crippen LogP contribution is 2.01. The molecule has 1 aromatic heterocycles. The number of rotatable bonds is 1. The Morgan fingerprint density at radius 1 is 1.53 bits per heavy atom. The molecule has 0 aliphatic carbocycles. The van der Waals surface area contributed by atoms with Crippen LogP contribution in [-0.4, -0.2) is 29.5 Å². The summed E-state index contributed by atoms with van der Waals surface area (Å²) in [6, 6.07) is 0. The van der Waals surface area contributed by atoms with E-state index in [-0.39, 0.29) is 14.5 Å². The highest BCUT2D eigenvalue weighted by molar-refractivity contribution is 8.11. The molecule has 80 valence electrons. The number of aromatic amines is 1. The first-order valence-electron chi connectivity index (χ1n) is 3.58. The molecule has 2 N–H and O–H groups in total. The molecule has 1 rings (SSSR count). The smallest absolute Gasteiger partial charge is 0.313 e. The molecular formula is C6H6N4OS4. The number of carbonyl (C=O) groups excluding carboxylic acids is 1. The molecule has 0 spiro atoms. The van der Waals surface area contributed by atoms with Crippen molar-refractivity contribution in [3.05, 3.63) is 18.2 Å². The van der Waals surface area contributed by atoms with Crippen molar-refractivity contribution in [3.63, 3.8) is 0 Å².